The van der Waals surface area contributed by atoms with Crippen LogP contribution in [0.1, 0.15) is 27.9 Å². The van der Waals surface area contributed by atoms with Crippen LogP contribution in [0.15, 0.2) is 46.6 Å². The van der Waals surface area contributed by atoms with Crippen molar-refractivity contribution in [3.05, 3.63) is 90.7 Å². The largest absolute Gasteiger partial charge is 0.338 e. The number of hydrogen-bond acceptors (Lipinski definition) is 5. The number of nitrogens with zero attached hydrogens (tertiary/aromatic N) is 4. The van der Waals surface area contributed by atoms with Crippen LogP contribution in [0.4, 0.5) is 8.78 Å². The van der Waals surface area contributed by atoms with Gasteiger partial charge in [-0.05, 0) is 36.6 Å². The normalized spacial score (nSPS) is 11.3. The second-order valence-corrected chi connectivity index (χ2v) is 8.16. The molecule has 0 saturated carbocycles. The monoisotopic (exact) mass is 543 g/mol. The summed E-state index contributed by atoms with van der Waals surface area (Å²) in [4.78, 5) is 34.8. The van der Waals surface area contributed by atoms with Gasteiger partial charge in [-0.2, -0.15) is 14.0 Å². The van der Waals surface area contributed by atoms with Gasteiger partial charge < -0.3 is 4.98 Å². The Balaban J connectivity index is 2.00. The highest BCUT2D eigenvalue weighted by molar-refractivity contribution is 14.1. The molecule has 2 aromatic heterocycles. The van der Waals surface area contributed by atoms with E-state index >= 15 is 0 Å². The second-order valence-electron chi connectivity index (χ2n) is 6.37. The molecule has 0 bridgehead atoms. The molecule has 154 valence electrons. The molecule has 1 N–H and O–H groups in total. The number of halogens is 4. The highest BCUT2D eigenvalue weighted by atomic mass is 127. The Labute approximate surface area is 187 Å². The number of aromatic nitrogens is 4. The molecule has 0 radical (unpaired) electrons. The van der Waals surface area contributed by atoms with Crippen molar-refractivity contribution in [3.8, 4) is 6.07 Å². The summed E-state index contributed by atoms with van der Waals surface area (Å²) in [5.74, 6) is 0. The van der Waals surface area contributed by atoms with Gasteiger partial charge in [-0.1, -0.05) is 11.6 Å². The molecule has 0 unspecified atom stereocenters. The molecule has 0 atom stereocenters. The van der Waals surface area contributed by atoms with Crippen molar-refractivity contribution < 1.29 is 8.78 Å². The van der Waals surface area contributed by atoms with Crippen LogP contribution in [-0.2, 0) is 23.3 Å². The molecule has 11 heteroatoms. The first-order chi connectivity index (χ1) is 14.2. The SMILES string of the molecule is N#Cc1cc(Cl)cc(CCc2c(C(F)(F)I)ncn(Cc3cnc[nH]c3=O)c2=O)c1. The standard InChI is InChI=1S/C19H13ClF2IN5O2/c20-14-4-11(3-12(5-14)6-24)1-2-15-16(19(21,22)23)27-10-28(18(15)30)8-13-7-25-9-26-17(13)29/h3-5,7,9-10H,1-2,8H2,(H,25,26,29). The molecule has 2 heterocycles. The van der Waals surface area contributed by atoms with Crippen molar-refractivity contribution >= 4 is 34.2 Å². The van der Waals surface area contributed by atoms with E-state index in [1.807, 2.05) is 6.07 Å². The molecular formula is C19H13ClF2IN5O2. The van der Waals surface area contributed by atoms with Gasteiger partial charge >= 0.3 is 3.93 Å². The zero-order valence-corrected chi connectivity index (χ0v) is 18.1. The molecule has 1 aromatic carbocycles. The lowest BCUT2D eigenvalue weighted by Crippen LogP contribution is -2.31. The van der Waals surface area contributed by atoms with Gasteiger partial charge in [0, 0.05) is 39.4 Å². The van der Waals surface area contributed by atoms with Crippen molar-refractivity contribution in [1.82, 2.24) is 19.5 Å². The van der Waals surface area contributed by atoms with Gasteiger partial charge in [-0.15, -0.1) is 0 Å². The molecule has 0 aliphatic rings. The first kappa shape index (κ1) is 22.0. The van der Waals surface area contributed by atoms with E-state index in [2.05, 4.69) is 15.0 Å². The van der Waals surface area contributed by atoms with Gasteiger partial charge in [-0.25, -0.2) is 9.97 Å². The van der Waals surface area contributed by atoms with Gasteiger partial charge in [0.25, 0.3) is 11.1 Å². The Morgan fingerprint density at radius 1 is 1.27 bits per heavy atom. The number of nitrogens with one attached hydrogen (secondary N) is 1. The number of H-pyrrole nitrogens is 1. The Kier molecular flexibility index (Phi) is 6.62. The molecule has 3 rings (SSSR count). The van der Waals surface area contributed by atoms with Crippen LogP contribution >= 0.6 is 34.2 Å². The average Bonchev–Trinajstić information content (AvgIpc) is 2.68. The molecule has 0 aliphatic heterocycles. The second kappa shape index (κ2) is 9.01. The Morgan fingerprint density at radius 2 is 2.03 bits per heavy atom. The highest BCUT2D eigenvalue weighted by Gasteiger charge is 2.33. The molecule has 0 aliphatic carbocycles. The van der Waals surface area contributed by atoms with E-state index in [0.29, 0.717) is 16.1 Å². The molecule has 30 heavy (non-hydrogen) atoms. The highest BCUT2D eigenvalue weighted by Crippen LogP contribution is 2.35. The topological polar surface area (TPSA) is 104 Å². The summed E-state index contributed by atoms with van der Waals surface area (Å²) in [6, 6.07) is 6.64. The quantitative estimate of drug-likeness (QED) is 0.380. The van der Waals surface area contributed by atoms with Crippen LogP contribution in [0, 0.1) is 11.3 Å². The van der Waals surface area contributed by atoms with E-state index in [-0.39, 0.29) is 30.5 Å². The number of rotatable bonds is 6. The average molecular weight is 544 g/mol. The number of aryl methyl sites for hydroxylation is 1. The van der Waals surface area contributed by atoms with Crippen molar-refractivity contribution in [2.75, 3.05) is 0 Å². The van der Waals surface area contributed by atoms with Crippen LogP contribution in [0.2, 0.25) is 5.02 Å². The maximum atomic E-state index is 14.1. The molecule has 3 aromatic rings. The minimum Gasteiger partial charge on any atom is -0.313 e. The Hall–Kier alpha value is -2.65. The molecule has 0 spiro atoms. The zero-order valence-electron chi connectivity index (χ0n) is 15.2. The summed E-state index contributed by atoms with van der Waals surface area (Å²) >= 11 is 6.91. The third-order valence-corrected chi connectivity index (χ3v) is 5.01. The van der Waals surface area contributed by atoms with E-state index in [4.69, 9.17) is 16.9 Å². The van der Waals surface area contributed by atoms with E-state index in [1.54, 1.807) is 12.1 Å². The van der Waals surface area contributed by atoms with E-state index in [9.17, 15) is 18.4 Å². The lowest BCUT2D eigenvalue weighted by atomic mass is 10.0. The van der Waals surface area contributed by atoms with E-state index < -0.39 is 20.7 Å². The fourth-order valence-corrected chi connectivity index (χ4v) is 3.64. The molecule has 7 nitrogen and oxygen atoms in total. The lowest BCUT2D eigenvalue weighted by Gasteiger charge is -2.15. The van der Waals surface area contributed by atoms with Crippen LogP contribution in [0.25, 0.3) is 0 Å². The van der Waals surface area contributed by atoms with Crippen LogP contribution in [-0.4, -0.2) is 19.5 Å². The fraction of sp³-hybridized carbons (Fsp3) is 0.211. The summed E-state index contributed by atoms with van der Waals surface area (Å²) in [6.07, 6.45) is 3.64. The molecule has 0 amide bonds. The summed E-state index contributed by atoms with van der Waals surface area (Å²) in [5.41, 5.74) is -0.777. The predicted octanol–water partition coefficient (Wildman–Crippen LogP) is 3.17. The van der Waals surface area contributed by atoms with Crippen LogP contribution in [0.3, 0.4) is 0 Å². The first-order valence-electron chi connectivity index (χ1n) is 8.55. The third-order valence-electron chi connectivity index (χ3n) is 4.28. The number of alkyl halides is 3. The minimum atomic E-state index is -3.36. The van der Waals surface area contributed by atoms with E-state index in [0.717, 1.165) is 33.5 Å². The van der Waals surface area contributed by atoms with Gasteiger partial charge in [0.1, 0.15) is 5.69 Å². The summed E-state index contributed by atoms with van der Waals surface area (Å²) < 4.78 is 25.9. The number of benzene rings is 1. The Morgan fingerprint density at radius 3 is 2.70 bits per heavy atom. The van der Waals surface area contributed by atoms with Gasteiger partial charge in [0.05, 0.1) is 36.4 Å². The van der Waals surface area contributed by atoms with Gasteiger partial charge in [0.15, 0.2) is 0 Å². The summed E-state index contributed by atoms with van der Waals surface area (Å²) in [7, 11) is 0. The summed E-state index contributed by atoms with van der Waals surface area (Å²) in [6.45, 7) is -0.162. The number of aromatic amines is 1. The van der Waals surface area contributed by atoms with Crippen LogP contribution in [0.5, 0.6) is 0 Å². The number of hydrogen-bond donors (Lipinski definition) is 1. The molecule has 0 fully saturated rings. The molecule has 0 saturated heterocycles. The Bertz CT molecular complexity index is 1250. The third kappa shape index (κ3) is 5.09. The predicted molar refractivity (Wildman–Crippen MR) is 114 cm³/mol. The van der Waals surface area contributed by atoms with E-state index in [1.165, 1.54) is 18.6 Å². The minimum absolute atomic E-state index is 0.0464. The van der Waals surface area contributed by atoms with Crippen molar-refractivity contribution in [1.29, 1.82) is 5.26 Å². The maximum Gasteiger partial charge on any atom is 0.338 e. The van der Waals surface area contributed by atoms with Crippen molar-refractivity contribution in [2.45, 2.75) is 23.3 Å². The smallest absolute Gasteiger partial charge is 0.313 e. The zero-order chi connectivity index (χ0) is 21.9. The van der Waals surface area contributed by atoms with Crippen molar-refractivity contribution in [2.24, 2.45) is 0 Å². The van der Waals surface area contributed by atoms with Gasteiger partial charge in [-0.3, -0.25) is 14.2 Å². The fourth-order valence-electron chi connectivity index (χ4n) is 2.91. The first-order valence-corrected chi connectivity index (χ1v) is 10.0. The van der Waals surface area contributed by atoms with Gasteiger partial charge in [0.2, 0.25) is 0 Å². The molecular weight excluding hydrogens is 531 g/mol. The lowest BCUT2D eigenvalue weighted by molar-refractivity contribution is 0.120. The van der Waals surface area contributed by atoms with Crippen molar-refractivity contribution in [3.63, 3.8) is 0 Å². The summed E-state index contributed by atoms with van der Waals surface area (Å²) in [5, 5.41) is 9.40. The number of nitriles is 1. The maximum absolute atomic E-state index is 14.1. The van der Waals surface area contributed by atoms with Crippen LogP contribution < -0.4 is 11.1 Å².